The monoisotopic (exact) mass is 556 g/mol. The highest BCUT2D eigenvalue weighted by Crippen LogP contribution is 2.36. The van der Waals surface area contributed by atoms with Crippen LogP contribution in [0.4, 0.5) is 4.79 Å². The number of nitrogens with zero attached hydrogens (tertiary/aromatic N) is 2. The maximum absolute atomic E-state index is 13.3. The average molecular weight is 557 g/mol. The van der Waals surface area contributed by atoms with Crippen molar-refractivity contribution < 1.29 is 33.3 Å². The molecule has 0 bridgehead atoms. The molecule has 0 radical (unpaired) electrons. The molecule has 1 aliphatic rings. The van der Waals surface area contributed by atoms with E-state index in [-0.39, 0.29) is 0 Å². The van der Waals surface area contributed by atoms with Crippen LogP contribution in [0.2, 0.25) is 0 Å². The molecule has 9 nitrogen and oxygen atoms in total. The van der Waals surface area contributed by atoms with Crippen molar-refractivity contribution in [2.75, 3.05) is 13.7 Å². The summed E-state index contributed by atoms with van der Waals surface area (Å²) < 4.78 is 22.5. The van der Waals surface area contributed by atoms with Crippen molar-refractivity contribution >= 4 is 12.1 Å². The number of rotatable bonds is 9. The molecule has 0 saturated carbocycles. The Balaban J connectivity index is 1.24. The molecule has 2 heterocycles. The van der Waals surface area contributed by atoms with Crippen LogP contribution in [0.3, 0.4) is 0 Å². The second-order valence-electron chi connectivity index (χ2n) is 9.81. The predicted octanol–water partition coefficient (Wildman–Crippen LogP) is 6.46. The zero-order valence-electron chi connectivity index (χ0n) is 23.0. The first kappa shape index (κ1) is 27.8. The molecular formula is C32H32N2O7. The number of benzene rings is 3. The number of hydrogen-bond donors (Lipinski definition) is 1. The minimum absolute atomic E-state index is 0.311. The van der Waals surface area contributed by atoms with E-state index in [0.717, 1.165) is 22.6 Å². The second-order valence-corrected chi connectivity index (χ2v) is 9.81. The van der Waals surface area contributed by atoms with Gasteiger partial charge in [0.25, 0.3) is 0 Å². The number of aryl methyl sites for hydroxylation is 1. The molecular weight excluding hydrogens is 524 g/mol. The minimum atomic E-state index is -1.06. The summed E-state index contributed by atoms with van der Waals surface area (Å²) in [6.07, 6.45) is 1.53. The van der Waals surface area contributed by atoms with Crippen LogP contribution in [0.5, 0.6) is 17.2 Å². The molecule has 41 heavy (non-hydrogen) atoms. The first-order chi connectivity index (χ1) is 19.9. The van der Waals surface area contributed by atoms with Crippen LogP contribution in [0.15, 0.2) is 83.3 Å². The zero-order chi connectivity index (χ0) is 28.8. The SMILES string of the molecule is COc1ccc(OC(=O)N2[C@@H](c3ccc(OCCc4nc(-c5ccccc5)oc4C)cc3)CCC[C@H]2C(=O)O)cc1. The average Bonchev–Trinajstić information content (AvgIpc) is 3.38. The maximum atomic E-state index is 13.3. The van der Waals surface area contributed by atoms with E-state index in [1.54, 1.807) is 31.4 Å². The largest absolute Gasteiger partial charge is 0.497 e. The lowest BCUT2D eigenvalue weighted by molar-refractivity contribution is -0.144. The van der Waals surface area contributed by atoms with E-state index in [4.69, 9.17) is 18.6 Å². The molecule has 0 aliphatic carbocycles. The summed E-state index contributed by atoms with van der Waals surface area (Å²) in [5.74, 6) is 1.89. The smallest absolute Gasteiger partial charge is 0.416 e. The topological polar surface area (TPSA) is 111 Å². The van der Waals surface area contributed by atoms with Crippen LogP contribution in [-0.4, -0.2) is 46.8 Å². The van der Waals surface area contributed by atoms with Gasteiger partial charge in [-0.05, 0) is 80.3 Å². The van der Waals surface area contributed by atoms with Crippen molar-refractivity contribution in [2.24, 2.45) is 0 Å². The van der Waals surface area contributed by atoms with E-state index in [1.165, 1.54) is 4.90 Å². The number of oxazole rings is 1. The van der Waals surface area contributed by atoms with Gasteiger partial charge in [0, 0.05) is 12.0 Å². The molecule has 1 N–H and O–H groups in total. The first-order valence-corrected chi connectivity index (χ1v) is 13.5. The molecule has 0 spiro atoms. The molecule has 4 aromatic rings. The fourth-order valence-electron chi connectivity index (χ4n) is 5.04. The van der Waals surface area contributed by atoms with Crippen LogP contribution < -0.4 is 14.2 Å². The third-order valence-electron chi connectivity index (χ3n) is 7.17. The number of carboxylic acid groups (broad SMARTS) is 1. The van der Waals surface area contributed by atoms with Crippen molar-refractivity contribution in [3.8, 4) is 28.7 Å². The Morgan fingerprint density at radius 3 is 2.32 bits per heavy atom. The molecule has 3 aromatic carbocycles. The highest BCUT2D eigenvalue weighted by molar-refractivity contribution is 5.81. The van der Waals surface area contributed by atoms with Gasteiger partial charge in [0.1, 0.15) is 29.1 Å². The molecule has 1 fully saturated rings. The van der Waals surface area contributed by atoms with E-state index in [2.05, 4.69) is 4.98 Å². The van der Waals surface area contributed by atoms with Gasteiger partial charge in [-0.3, -0.25) is 4.90 Å². The normalized spacial score (nSPS) is 16.7. The number of aliphatic carboxylic acids is 1. The van der Waals surface area contributed by atoms with Crippen molar-refractivity contribution in [1.82, 2.24) is 9.88 Å². The van der Waals surface area contributed by atoms with E-state index >= 15 is 0 Å². The number of ether oxygens (including phenoxy) is 3. The minimum Gasteiger partial charge on any atom is -0.497 e. The van der Waals surface area contributed by atoms with Crippen molar-refractivity contribution in [1.29, 1.82) is 0 Å². The van der Waals surface area contributed by atoms with E-state index in [9.17, 15) is 14.7 Å². The number of carbonyl (C=O) groups excluding carboxylic acids is 1. The second kappa shape index (κ2) is 12.6. The fraction of sp³-hybridized carbons (Fsp3) is 0.281. The fourth-order valence-corrected chi connectivity index (χ4v) is 5.04. The van der Waals surface area contributed by atoms with Gasteiger partial charge in [-0.1, -0.05) is 30.3 Å². The molecule has 1 amide bonds. The Hall–Kier alpha value is -4.79. The van der Waals surface area contributed by atoms with Crippen molar-refractivity contribution in [3.63, 3.8) is 0 Å². The number of aromatic nitrogens is 1. The van der Waals surface area contributed by atoms with E-state index in [1.807, 2.05) is 61.5 Å². The van der Waals surface area contributed by atoms with Crippen LogP contribution in [0.1, 0.15) is 42.3 Å². The molecule has 1 aromatic heterocycles. The lowest BCUT2D eigenvalue weighted by Gasteiger charge is -2.39. The Labute approximate surface area is 238 Å². The number of carboxylic acids is 1. The van der Waals surface area contributed by atoms with Gasteiger partial charge < -0.3 is 23.7 Å². The summed E-state index contributed by atoms with van der Waals surface area (Å²) in [7, 11) is 1.55. The number of likely N-dealkylation sites (tertiary alicyclic amines) is 1. The molecule has 1 saturated heterocycles. The lowest BCUT2D eigenvalue weighted by Crippen LogP contribution is -2.50. The summed E-state index contributed by atoms with van der Waals surface area (Å²) in [6.45, 7) is 2.30. The van der Waals surface area contributed by atoms with E-state index < -0.39 is 24.1 Å². The highest BCUT2D eigenvalue weighted by atomic mass is 16.6. The Morgan fingerprint density at radius 1 is 0.951 bits per heavy atom. The predicted molar refractivity (Wildman–Crippen MR) is 151 cm³/mol. The number of piperidine rings is 1. The molecule has 9 heteroatoms. The van der Waals surface area contributed by atoms with E-state index in [0.29, 0.717) is 55.4 Å². The number of methoxy groups -OCH3 is 1. The Morgan fingerprint density at radius 2 is 1.63 bits per heavy atom. The van der Waals surface area contributed by atoms with Gasteiger partial charge in [-0.2, -0.15) is 0 Å². The van der Waals surface area contributed by atoms with Gasteiger partial charge in [-0.15, -0.1) is 0 Å². The summed E-state index contributed by atoms with van der Waals surface area (Å²) in [6, 6.07) is 22.3. The molecule has 0 unspecified atom stereocenters. The quantitative estimate of drug-likeness (QED) is 0.250. The molecule has 5 rings (SSSR count). The summed E-state index contributed by atoms with van der Waals surface area (Å²) in [5, 5.41) is 9.88. The summed E-state index contributed by atoms with van der Waals surface area (Å²) in [4.78, 5) is 31.3. The van der Waals surface area contributed by atoms with Crippen molar-refractivity contribution in [3.05, 3.63) is 95.9 Å². The van der Waals surface area contributed by atoms with Crippen LogP contribution >= 0.6 is 0 Å². The molecule has 1 aliphatic heterocycles. The number of carbonyl (C=O) groups is 2. The van der Waals surface area contributed by atoms with Gasteiger partial charge in [-0.25, -0.2) is 14.6 Å². The lowest BCUT2D eigenvalue weighted by atomic mass is 9.91. The van der Waals surface area contributed by atoms with Gasteiger partial charge in [0.2, 0.25) is 5.89 Å². The zero-order valence-corrected chi connectivity index (χ0v) is 23.0. The van der Waals surface area contributed by atoms with Crippen LogP contribution in [-0.2, 0) is 11.2 Å². The first-order valence-electron chi connectivity index (χ1n) is 13.5. The number of amides is 1. The Kier molecular flexibility index (Phi) is 8.53. The third-order valence-corrected chi connectivity index (χ3v) is 7.17. The maximum Gasteiger partial charge on any atom is 0.416 e. The van der Waals surface area contributed by atoms with Crippen LogP contribution in [0, 0.1) is 6.92 Å². The summed E-state index contributed by atoms with van der Waals surface area (Å²) >= 11 is 0. The van der Waals surface area contributed by atoms with Gasteiger partial charge in [0.05, 0.1) is 25.5 Å². The number of hydrogen-bond acceptors (Lipinski definition) is 7. The highest BCUT2D eigenvalue weighted by Gasteiger charge is 2.40. The van der Waals surface area contributed by atoms with Gasteiger partial charge in [0.15, 0.2) is 0 Å². The molecule has 212 valence electrons. The molecule has 2 atom stereocenters. The summed E-state index contributed by atoms with van der Waals surface area (Å²) in [5.41, 5.74) is 2.58. The van der Waals surface area contributed by atoms with Crippen LogP contribution in [0.25, 0.3) is 11.5 Å². The van der Waals surface area contributed by atoms with Gasteiger partial charge >= 0.3 is 12.1 Å². The third kappa shape index (κ3) is 6.51. The Bertz CT molecular complexity index is 1470. The van der Waals surface area contributed by atoms with Crippen molar-refractivity contribution in [2.45, 2.75) is 44.7 Å². The standard InChI is InChI=1S/C32H32N2O7/c1-21-27(33-30(40-21)23-7-4-3-5-8-23)19-20-39-25-13-11-22(12-14-25)28-9-6-10-29(31(35)36)34(28)32(37)41-26-17-15-24(38-2)16-18-26/h3-5,7-8,11-18,28-29H,6,9-10,19-20H2,1-2H3,(H,35,36)/t28-,29+/m1/s1.